The van der Waals surface area contributed by atoms with Gasteiger partial charge in [-0.05, 0) is 43.8 Å². The molecule has 3 aliphatic heterocycles. The van der Waals surface area contributed by atoms with Crippen LogP contribution >= 0.6 is 11.3 Å². The number of rotatable bonds is 5. The number of fused-ring (bicyclic) bond motifs is 2. The average molecular weight is 445 g/mol. The van der Waals surface area contributed by atoms with Crippen molar-refractivity contribution in [2.24, 2.45) is 0 Å². The third-order valence-corrected chi connectivity index (χ3v) is 6.62. The summed E-state index contributed by atoms with van der Waals surface area (Å²) in [5, 5.41) is 17.5. The van der Waals surface area contributed by atoms with E-state index in [0.29, 0.717) is 48.0 Å². The van der Waals surface area contributed by atoms with E-state index in [-0.39, 0.29) is 46.9 Å². The zero-order valence-corrected chi connectivity index (χ0v) is 20.3. The molecule has 0 spiro atoms. The number of benzene rings is 1. The number of hydrogen-bond donors (Lipinski definition) is 0. The van der Waals surface area contributed by atoms with Gasteiger partial charge in [-0.3, -0.25) is 9.59 Å². The van der Waals surface area contributed by atoms with Crippen LogP contribution in [0.3, 0.4) is 0 Å². The quantitative estimate of drug-likeness (QED) is 0.373. The van der Waals surface area contributed by atoms with Crippen LogP contribution in [0.5, 0.6) is 5.88 Å². The Morgan fingerprint density at radius 1 is 1.19 bits per heavy atom. The first-order valence-electron chi connectivity index (χ1n) is 9.97. The molecular weight excluding hydrogens is 425 g/mol. The van der Waals surface area contributed by atoms with E-state index in [0.717, 1.165) is 23.2 Å². The van der Waals surface area contributed by atoms with Crippen molar-refractivity contribution in [1.82, 2.24) is 24.2 Å². The first kappa shape index (κ1) is 22.0. The van der Waals surface area contributed by atoms with E-state index in [4.69, 9.17) is 0 Å². The first-order valence-corrected chi connectivity index (χ1v) is 10.8. The van der Waals surface area contributed by atoms with Gasteiger partial charge in [0.05, 0.1) is 21.5 Å². The van der Waals surface area contributed by atoms with Crippen LogP contribution in [0.15, 0.2) is 35.1 Å². The minimum atomic E-state index is -0.273. The molecule has 1 saturated heterocycles. The second-order valence-electron chi connectivity index (χ2n) is 7.50. The van der Waals surface area contributed by atoms with Crippen LogP contribution in [-0.4, -0.2) is 43.2 Å². The minimum absolute atomic E-state index is 0. The van der Waals surface area contributed by atoms with Crippen molar-refractivity contribution in [2.75, 3.05) is 13.1 Å². The van der Waals surface area contributed by atoms with Gasteiger partial charge in [0.15, 0.2) is 0 Å². The molecule has 10 heteroatoms. The molecule has 1 aromatic carbocycles. The number of hydrogen-bond acceptors (Lipinski definition) is 6. The van der Waals surface area contributed by atoms with E-state index < -0.39 is 0 Å². The molecular formula is C21H20N5NaO3S. The molecule has 0 aliphatic carbocycles. The first-order chi connectivity index (χ1) is 14.5. The number of thiazole rings is 1. The average Bonchev–Trinajstić information content (AvgIpc) is 3.41. The number of carbonyl (C=O) groups excluding carboxylic acids is 1. The number of carbonyl (C=O) groups is 1. The summed E-state index contributed by atoms with van der Waals surface area (Å²) >= 11 is 1.39. The van der Waals surface area contributed by atoms with Crippen molar-refractivity contribution in [3.63, 3.8) is 0 Å². The largest absolute Gasteiger partial charge is 1.00 e. The van der Waals surface area contributed by atoms with Crippen molar-refractivity contribution >= 4 is 27.5 Å². The number of likely N-dealkylation sites (tertiary alicyclic amines) is 1. The summed E-state index contributed by atoms with van der Waals surface area (Å²) < 4.78 is 3.86. The van der Waals surface area contributed by atoms with Gasteiger partial charge in [0, 0.05) is 31.7 Å². The molecule has 4 heterocycles. The van der Waals surface area contributed by atoms with Gasteiger partial charge < -0.3 is 14.6 Å². The smallest absolute Gasteiger partial charge is 0.860 e. The van der Waals surface area contributed by atoms with Crippen molar-refractivity contribution in [3.8, 4) is 22.3 Å². The van der Waals surface area contributed by atoms with Gasteiger partial charge >= 0.3 is 29.6 Å². The molecule has 0 saturated carbocycles. The van der Waals surface area contributed by atoms with Crippen molar-refractivity contribution in [3.05, 3.63) is 46.4 Å². The fraction of sp³-hybridized carbons (Fsp3) is 0.333. The van der Waals surface area contributed by atoms with E-state index >= 15 is 0 Å². The van der Waals surface area contributed by atoms with E-state index in [1.165, 1.54) is 22.1 Å². The molecule has 3 aliphatic rings. The van der Waals surface area contributed by atoms with Crippen LogP contribution in [-0.2, 0) is 11.3 Å². The molecule has 31 heavy (non-hydrogen) atoms. The summed E-state index contributed by atoms with van der Waals surface area (Å²) in [5.74, 6) is -0.0184. The second-order valence-corrected chi connectivity index (χ2v) is 8.51. The summed E-state index contributed by atoms with van der Waals surface area (Å²) in [6, 6.07) is 9.08. The van der Waals surface area contributed by atoms with Crippen molar-refractivity contribution < 1.29 is 39.5 Å². The van der Waals surface area contributed by atoms with Crippen LogP contribution in [0.25, 0.3) is 26.6 Å². The predicted molar refractivity (Wildman–Crippen MR) is 112 cm³/mol. The molecule has 0 radical (unpaired) electrons. The minimum Gasteiger partial charge on any atom is -0.860 e. The molecule has 0 unspecified atom stereocenters. The Hall–Kier alpha value is -2.20. The van der Waals surface area contributed by atoms with Gasteiger partial charge in [-0.15, -0.1) is 0 Å². The van der Waals surface area contributed by atoms with Gasteiger partial charge in [0.2, 0.25) is 11.0 Å². The molecule has 0 atom stereocenters. The third kappa shape index (κ3) is 3.91. The van der Waals surface area contributed by atoms with Crippen LogP contribution < -0.4 is 40.2 Å². The maximum absolute atomic E-state index is 13.1. The van der Waals surface area contributed by atoms with Crippen LogP contribution in [0.4, 0.5) is 0 Å². The Morgan fingerprint density at radius 2 is 2.00 bits per heavy atom. The normalized spacial score (nSPS) is 14.0. The number of aromatic nitrogens is 4. The zero-order chi connectivity index (χ0) is 20.8. The van der Waals surface area contributed by atoms with Gasteiger partial charge in [-0.2, -0.15) is 9.78 Å². The number of nitrogens with zero attached hydrogens (tertiary/aromatic N) is 5. The molecule has 0 bridgehead atoms. The molecule has 5 rings (SSSR count). The summed E-state index contributed by atoms with van der Waals surface area (Å²) in [4.78, 5) is 31.2. The fourth-order valence-electron chi connectivity index (χ4n) is 4.07. The van der Waals surface area contributed by atoms with Gasteiger partial charge in [0.1, 0.15) is 0 Å². The van der Waals surface area contributed by atoms with E-state index in [9.17, 15) is 14.7 Å². The van der Waals surface area contributed by atoms with Crippen LogP contribution in [0.1, 0.15) is 25.0 Å². The summed E-state index contributed by atoms with van der Waals surface area (Å²) in [7, 11) is 0. The van der Waals surface area contributed by atoms with E-state index in [1.54, 1.807) is 11.5 Å². The maximum atomic E-state index is 13.1. The number of amides is 1. The predicted octanol–water partition coefficient (Wildman–Crippen LogP) is -0.853. The Balaban J connectivity index is 0.00000231. The SMILES string of the molecule is Cc1c2c(=O)n(-c3nc4ccccc4s3)nc-2cc([O-])n1CCCN1CCCC1=O.[Na+]. The van der Waals surface area contributed by atoms with Crippen LogP contribution in [0, 0.1) is 6.92 Å². The Morgan fingerprint density at radius 3 is 2.74 bits per heavy atom. The standard InChI is InChI=1S/C21H21N5O3S.Na/c1-13-19-15(12-18(28)25(13)11-5-10-24-9-4-8-17(24)27)23-26(20(19)29)21-22-14-6-2-3-7-16(14)30-21;/h2-3,6-7,12,28H,4-5,8-11H2,1H3;/q;+1/p-1. The monoisotopic (exact) mass is 445 g/mol. The summed E-state index contributed by atoms with van der Waals surface area (Å²) in [6.45, 7) is 3.63. The fourth-order valence-corrected chi connectivity index (χ4v) is 4.99. The van der Waals surface area contributed by atoms with Crippen LogP contribution in [0.2, 0.25) is 0 Å². The molecule has 1 amide bonds. The second kappa shape index (κ2) is 8.74. The Kier molecular flexibility index (Phi) is 6.20. The summed E-state index contributed by atoms with van der Waals surface area (Å²) in [5.41, 5.74) is 1.95. The zero-order valence-electron chi connectivity index (χ0n) is 17.5. The van der Waals surface area contributed by atoms with Gasteiger partial charge in [0.25, 0.3) is 5.56 Å². The van der Waals surface area contributed by atoms with E-state index in [2.05, 4.69) is 10.1 Å². The molecule has 1 aromatic heterocycles. The van der Waals surface area contributed by atoms with Gasteiger partial charge in [-0.25, -0.2) is 4.98 Å². The maximum Gasteiger partial charge on any atom is 1.00 e. The van der Waals surface area contributed by atoms with E-state index in [1.807, 2.05) is 29.2 Å². The van der Waals surface area contributed by atoms with Crippen molar-refractivity contribution in [2.45, 2.75) is 32.7 Å². The molecule has 1 fully saturated rings. The Labute approximate surface area is 204 Å². The van der Waals surface area contributed by atoms with Crippen molar-refractivity contribution in [1.29, 1.82) is 0 Å². The van der Waals surface area contributed by atoms with Gasteiger partial charge in [-0.1, -0.05) is 23.5 Å². The molecule has 8 nitrogen and oxygen atoms in total. The summed E-state index contributed by atoms with van der Waals surface area (Å²) in [6.07, 6.45) is 2.17. The number of para-hydroxylation sites is 1. The molecule has 2 aromatic rings. The topological polar surface area (TPSA) is 96.1 Å². The third-order valence-electron chi connectivity index (χ3n) is 5.61. The number of pyridine rings is 1. The molecule has 154 valence electrons. The molecule has 0 N–H and O–H groups in total. The Bertz CT molecular complexity index is 1260.